The summed E-state index contributed by atoms with van der Waals surface area (Å²) in [7, 11) is 0. The average molecular weight is 392 g/mol. The first-order valence-corrected chi connectivity index (χ1v) is 9.05. The van der Waals surface area contributed by atoms with Crippen molar-refractivity contribution in [1.82, 2.24) is 0 Å². The number of amides is 2. The van der Waals surface area contributed by atoms with E-state index in [1.54, 1.807) is 0 Å². The molecule has 0 aromatic heterocycles. The highest BCUT2D eigenvalue weighted by atomic mass is 16.6. The van der Waals surface area contributed by atoms with Crippen molar-refractivity contribution in [3.05, 3.63) is 76.4 Å². The summed E-state index contributed by atoms with van der Waals surface area (Å²) in [5.74, 6) is -1.55. The summed E-state index contributed by atoms with van der Waals surface area (Å²) in [5.41, 5.74) is 0.538. The molecule has 2 atom stereocenters. The Labute approximate surface area is 165 Å². The number of carbonyl (C=O) groups is 3. The fourth-order valence-electron chi connectivity index (χ4n) is 3.60. The van der Waals surface area contributed by atoms with Crippen LogP contribution in [0.25, 0.3) is 0 Å². The molecule has 0 spiro atoms. The van der Waals surface area contributed by atoms with Crippen LogP contribution in [0.3, 0.4) is 0 Å². The summed E-state index contributed by atoms with van der Waals surface area (Å²) in [5, 5.41) is 10.7. The van der Waals surface area contributed by atoms with Gasteiger partial charge in [0.2, 0.25) is 11.8 Å². The molecule has 0 N–H and O–H groups in total. The molecule has 146 valence electrons. The molecule has 1 heterocycles. The van der Waals surface area contributed by atoms with Crippen LogP contribution in [0.15, 0.2) is 60.7 Å². The van der Waals surface area contributed by atoms with E-state index >= 15 is 0 Å². The Kier molecular flexibility index (Phi) is 4.67. The van der Waals surface area contributed by atoms with Crippen LogP contribution in [0, 0.1) is 22.0 Å². The third kappa shape index (κ3) is 3.40. The van der Waals surface area contributed by atoms with Gasteiger partial charge in [0.15, 0.2) is 0 Å². The van der Waals surface area contributed by atoms with Gasteiger partial charge in [0.25, 0.3) is 5.69 Å². The SMILES string of the molecule is O=C(Oc1ccc([N+](=O)[O-])cc1)c1ccc(N2C(=O)C3CC=CCC3C2=O)cc1. The molecule has 1 saturated heterocycles. The molecule has 0 bridgehead atoms. The second kappa shape index (κ2) is 7.31. The molecule has 29 heavy (non-hydrogen) atoms. The largest absolute Gasteiger partial charge is 0.423 e. The molecule has 2 aromatic carbocycles. The van der Waals surface area contributed by atoms with Gasteiger partial charge in [-0.3, -0.25) is 24.6 Å². The predicted molar refractivity (Wildman–Crippen MR) is 102 cm³/mol. The number of benzene rings is 2. The van der Waals surface area contributed by atoms with E-state index in [0.717, 1.165) is 0 Å². The number of anilines is 1. The van der Waals surface area contributed by atoms with Crippen molar-refractivity contribution < 1.29 is 24.0 Å². The van der Waals surface area contributed by atoms with E-state index in [1.165, 1.54) is 53.4 Å². The second-order valence-corrected chi connectivity index (χ2v) is 6.86. The van der Waals surface area contributed by atoms with E-state index in [2.05, 4.69) is 0 Å². The molecule has 2 aliphatic rings. The molecular weight excluding hydrogens is 376 g/mol. The van der Waals surface area contributed by atoms with E-state index in [4.69, 9.17) is 4.74 Å². The smallest absolute Gasteiger partial charge is 0.343 e. The van der Waals surface area contributed by atoms with Crippen LogP contribution in [0.2, 0.25) is 0 Å². The Morgan fingerprint density at radius 3 is 2.00 bits per heavy atom. The lowest BCUT2D eigenvalue weighted by atomic mass is 9.85. The summed E-state index contributed by atoms with van der Waals surface area (Å²) in [6.07, 6.45) is 4.97. The molecule has 0 radical (unpaired) electrons. The Morgan fingerprint density at radius 1 is 0.931 bits per heavy atom. The van der Waals surface area contributed by atoms with Gasteiger partial charge in [-0.15, -0.1) is 0 Å². The lowest BCUT2D eigenvalue weighted by Crippen LogP contribution is -2.30. The minimum atomic E-state index is -0.651. The number of esters is 1. The van der Waals surface area contributed by atoms with Gasteiger partial charge >= 0.3 is 5.97 Å². The maximum absolute atomic E-state index is 12.6. The predicted octanol–water partition coefficient (Wildman–Crippen LogP) is 3.27. The molecule has 8 nitrogen and oxygen atoms in total. The van der Waals surface area contributed by atoms with Crippen molar-refractivity contribution in [2.45, 2.75) is 12.8 Å². The number of non-ortho nitro benzene ring substituents is 1. The number of carbonyl (C=O) groups excluding carboxylic acids is 3. The maximum Gasteiger partial charge on any atom is 0.343 e. The first kappa shape index (κ1) is 18.5. The minimum Gasteiger partial charge on any atom is -0.423 e. The zero-order valence-electron chi connectivity index (χ0n) is 15.2. The number of hydrogen-bond donors (Lipinski definition) is 0. The fourth-order valence-corrected chi connectivity index (χ4v) is 3.60. The van der Waals surface area contributed by atoms with Crippen LogP contribution in [-0.2, 0) is 9.59 Å². The lowest BCUT2D eigenvalue weighted by molar-refractivity contribution is -0.384. The number of ether oxygens (including phenoxy) is 1. The quantitative estimate of drug-likeness (QED) is 0.197. The second-order valence-electron chi connectivity index (χ2n) is 6.86. The standard InChI is InChI=1S/C21H16N2O6/c24-19-17-3-1-2-4-18(17)20(25)22(19)14-7-5-13(6-8-14)21(26)29-16-11-9-15(10-12-16)23(27)28/h1-2,5-12,17-18H,3-4H2. The normalized spacial score (nSPS) is 20.5. The van der Waals surface area contributed by atoms with Crippen LogP contribution < -0.4 is 9.64 Å². The molecule has 1 aliphatic heterocycles. The van der Waals surface area contributed by atoms with E-state index < -0.39 is 10.9 Å². The third-order valence-corrected chi connectivity index (χ3v) is 5.13. The van der Waals surface area contributed by atoms with Gasteiger partial charge in [0, 0.05) is 12.1 Å². The number of hydrogen-bond acceptors (Lipinski definition) is 6. The van der Waals surface area contributed by atoms with Gasteiger partial charge in [-0.2, -0.15) is 0 Å². The van der Waals surface area contributed by atoms with E-state index in [0.29, 0.717) is 18.5 Å². The van der Waals surface area contributed by atoms with E-state index in [-0.39, 0.29) is 40.7 Å². The summed E-state index contributed by atoms with van der Waals surface area (Å²) >= 11 is 0. The topological polar surface area (TPSA) is 107 Å². The number of nitrogens with zero attached hydrogens (tertiary/aromatic N) is 2. The van der Waals surface area contributed by atoms with Crippen LogP contribution in [0.4, 0.5) is 11.4 Å². The van der Waals surface area contributed by atoms with Gasteiger partial charge in [0.1, 0.15) is 5.75 Å². The third-order valence-electron chi connectivity index (χ3n) is 5.13. The summed E-state index contributed by atoms with van der Waals surface area (Å²) < 4.78 is 5.20. The Morgan fingerprint density at radius 2 is 1.48 bits per heavy atom. The van der Waals surface area contributed by atoms with Crippen molar-refractivity contribution in [1.29, 1.82) is 0 Å². The van der Waals surface area contributed by atoms with Crippen molar-refractivity contribution in [2.75, 3.05) is 4.90 Å². The fraction of sp³-hybridized carbons (Fsp3) is 0.190. The van der Waals surface area contributed by atoms with Crippen LogP contribution >= 0.6 is 0 Å². The maximum atomic E-state index is 12.6. The van der Waals surface area contributed by atoms with Crippen molar-refractivity contribution >= 4 is 29.2 Å². The number of rotatable bonds is 4. The highest BCUT2D eigenvalue weighted by molar-refractivity contribution is 6.22. The van der Waals surface area contributed by atoms with E-state index in [9.17, 15) is 24.5 Å². The number of allylic oxidation sites excluding steroid dienone is 2. The van der Waals surface area contributed by atoms with E-state index in [1.807, 2.05) is 12.2 Å². The average Bonchev–Trinajstić information content (AvgIpc) is 2.99. The first-order chi connectivity index (χ1) is 14.0. The van der Waals surface area contributed by atoms with Gasteiger partial charge in [-0.1, -0.05) is 12.2 Å². The lowest BCUT2D eigenvalue weighted by Gasteiger charge is -2.15. The van der Waals surface area contributed by atoms with Crippen LogP contribution in [0.1, 0.15) is 23.2 Å². The van der Waals surface area contributed by atoms with Crippen LogP contribution in [-0.4, -0.2) is 22.7 Å². The minimum absolute atomic E-state index is 0.107. The Hall–Kier alpha value is -3.81. The van der Waals surface area contributed by atoms with Gasteiger partial charge in [-0.05, 0) is 49.2 Å². The molecule has 1 aliphatic carbocycles. The summed E-state index contributed by atoms with van der Waals surface area (Å²) in [6.45, 7) is 0. The number of nitro benzene ring substituents is 1. The van der Waals surface area contributed by atoms with Crippen molar-refractivity contribution in [2.24, 2.45) is 11.8 Å². The number of imide groups is 1. The molecule has 8 heteroatoms. The zero-order chi connectivity index (χ0) is 20.5. The number of fused-ring (bicyclic) bond motifs is 1. The Bertz CT molecular complexity index is 1000. The molecule has 0 saturated carbocycles. The monoisotopic (exact) mass is 392 g/mol. The highest BCUT2D eigenvalue weighted by Crippen LogP contribution is 2.37. The zero-order valence-corrected chi connectivity index (χ0v) is 15.2. The highest BCUT2D eigenvalue weighted by Gasteiger charge is 2.47. The summed E-state index contributed by atoms with van der Waals surface area (Å²) in [6, 6.07) is 11.2. The molecule has 4 rings (SSSR count). The molecular formula is C21H16N2O6. The Balaban J connectivity index is 1.47. The molecule has 2 unspecified atom stereocenters. The summed E-state index contributed by atoms with van der Waals surface area (Å²) in [4.78, 5) is 48.8. The van der Waals surface area contributed by atoms with Gasteiger partial charge in [-0.25, -0.2) is 4.79 Å². The van der Waals surface area contributed by atoms with Gasteiger partial charge in [0.05, 0.1) is 28.0 Å². The molecule has 2 aromatic rings. The first-order valence-electron chi connectivity index (χ1n) is 9.05. The molecule has 2 amide bonds. The van der Waals surface area contributed by atoms with Gasteiger partial charge < -0.3 is 4.74 Å². The van der Waals surface area contributed by atoms with Crippen molar-refractivity contribution in [3.8, 4) is 5.75 Å². The van der Waals surface area contributed by atoms with Crippen LogP contribution in [0.5, 0.6) is 5.75 Å². The van der Waals surface area contributed by atoms with Crippen molar-refractivity contribution in [3.63, 3.8) is 0 Å². The molecule has 1 fully saturated rings. The number of nitro groups is 1.